The summed E-state index contributed by atoms with van der Waals surface area (Å²) in [5.41, 5.74) is 8.19. The van der Waals surface area contributed by atoms with E-state index in [1.54, 1.807) is 7.11 Å². The van der Waals surface area contributed by atoms with Crippen LogP contribution >= 0.6 is 12.4 Å². The summed E-state index contributed by atoms with van der Waals surface area (Å²) < 4.78 is 5.24. The summed E-state index contributed by atoms with van der Waals surface area (Å²) in [7, 11) is 1.63. The third kappa shape index (κ3) is 5.31. The van der Waals surface area contributed by atoms with Gasteiger partial charge in [-0.15, -0.1) is 12.4 Å². The molecule has 0 aliphatic heterocycles. The highest BCUT2D eigenvalue weighted by atomic mass is 35.5. The highest BCUT2D eigenvalue weighted by Gasteiger charge is 2.13. The van der Waals surface area contributed by atoms with Crippen molar-refractivity contribution in [3.63, 3.8) is 0 Å². The number of rotatable bonds is 7. The molecule has 0 saturated carbocycles. The van der Waals surface area contributed by atoms with Crippen LogP contribution < -0.4 is 15.8 Å². The Morgan fingerprint density at radius 1 is 1.25 bits per heavy atom. The van der Waals surface area contributed by atoms with Gasteiger partial charge in [-0.3, -0.25) is 9.89 Å². The lowest BCUT2D eigenvalue weighted by Gasteiger charge is -2.13. The molecule has 0 fully saturated rings. The molecule has 0 aliphatic rings. The number of aromatic nitrogens is 3. The van der Waals surface area contributed by atoms with Crippen LogP contribution in [0.2, 0.25) is 0 Å². The molecule has 0 bridgehead atoms. The number of methoxy groups -OCH3 is 1. The smallest absolute Gasteiger partial charge is 0.224 e. The number of H-pyrrole nitrogens is 1. The Hall–Kier alpha value is -2.90. The molecule has 1 unspecified atom stereocenters. The van der Waals surface area contributed by atoms with Crippen molar-refractivity contribution in [1.29, 1.82) is 0 Å². The van der Waals surface area contributed by atoms with Gasteiger partial charge in [-0.05, 0) is 47.9 Å². The lowest BCUT2D eigenvalue weighted by atomic mass is 9.97. The fourth-order valence-electron chi connectivity index (χ4n) is 2.77. The molecule has 4 N–H and O–H groups in total. The van der Waals surface area contributed by atoms with Crippen LogP contribution in [0.25, 0.3) is 11.4 Å². The fraction of sp³-hybridized carbons (Fsp3) is 0.250. The highest BCUT2D eigenvalue weighted by molar-refractivity contribution is 5.91. The van der Waals surface area contributed by atoms with Gasteiger partial charge < -0.3 is 15.8 Å². The highest BCUT2D eigenvalue weighted by Crippen LogP contribution is 2.24. The van der Waals surface area contributed by atoms with Crippen LogP contribution in [0.5, 0.6) is 5.75 Å². The van der Waals surface area contributed by atoms with Crippen LogP contribution in [0.3, 0.4) is 0 Å². The van der Waals surface area contributed by atoms with E-state index in [0.717, 1.165) is 22.6 Å². The average Bonchev–Trinajstić information content (AvgIpc) is 3.17. The van der Waals surface area contributed by atoms with Crippen molar-refractivity contribution in [2.75, 3.05) is 12.4 Å². The van der Waals surface area contributed by atoms with E-state index in [4.69, 9.17) is 10.5 Å². The Balaban J connectivity index is 0.00000280. The van der Waals surface area contributed by atoms with E-state index >= 15 is 0 Å². The van der Waals surface area contributed by atoms with Gasteiger partial charge in [0.25, 0.3) is 0 Å². The molecule has 0 spiro atoms. The van der Waals surface area contributed by atoms with Crippen molar-refractivity contribution in [2.45, 2.75) is 25.8 Å². The predicted molar refractivity (Wildman–Crippen MR) is 112 cm³/mol. The molecule has 0 radical (unpaired) electrons. The monoisotopic (exact) mass is 401 g/mol. The number of halogens is 1. The van der Waals surface area contributed by atoms with Crippen molar-refractivity contribution >= 4 is 24.0 Å². The summed E-state index contributed by atoms with van der Waals surface area (Å²) >= 11 is 0. The summed E-state index contributed by atoms with van der Waals surface area (Å²) in [6.07, 6.45) is 0.385. The fourth-order valence-corrected chi connectivity index (χ4v) is 2.77. The number of nitrogens with two attached hydrogens (primary N) is 1. The summed E-state index contributed by atoms with van der Waals surface area (Å²) in [6, 6.07) is 15.2. The summed E-state index contributed by atoms with van der Waals surface area (Å²) in [5, 5.41) is 9.83. The molecule has 7 nitrogen and oxygen atoms in total. The van der Waals surface area contributed by atoms with Crippen molar-refractivity contribution in [3.8, 4) is 17.1 Å². The number of nitrogens with one attached hydrogen (secondary N) is 2. The van der Waals surface area contributed by atoms with E-state index in [1.165, 1.54) is 0 Å². The molecular weight excluding hydrogens is 378 g/mol. The van der Waals surface area contributed by atoms with Gasteiger partial charge in [0.15, 0.2) is 5.82 Å². The lowest BCUT2D eigenvalue weighted by molar-refractivity contribution is -0.116. The number of carbonyl (C=O) groups is 1. The molecule has 28 heavy (non-hydrogen) atoms. The standard InChI is InChI=1S/C20H23N5O2.ClH/c1-13(15-4-3-5-17(11-15)27-2)10-19(26)22-16-8-6-14(7-9-16)20-23-18(12-21)24-25-20;/h3-9,11,13H,10,12,21H2,1-2H3,(H,22,26)(H,23,24,25);1H. The van der Waals surface area contributed by atoms with Crippen molar-refractivity contribution < 1.29 is 9.53 Å². The van der Waals surface area contributed by atoms with E-state index in [9.17, 15) is 4.79 Å². The number of anilines is 1. The Bertz CT molecular complexity index is 911. The zero-order valence-electron chi connectivity index (χ0n) is 15.8. The van der Waals surface area contributed by atoms with E-state index < -0.39 is 0 Å². The normalized spacial score (nSPS) is 11.4. The van der Waals surface area contributed by atoms with Crippen molar-refractivity contribution in [3.05, 3.63) is 59.9 Å². The zero-order chi connectivity index (χ0) is 19.2. The third-order valence-electron chi connectivity index (χ3n) is 4.31. The number of carbonyl (C=O) groups excluding carboxylic acids is 1. The Morgan fingerprint density at radius 3 is 2.64 bits per heavy atom. The van der Waals surface area contributed by atoms with Crippen LogP contribution in [0, 0.1) is 0 Å². The van der Waals surface area contributed by atoms with Crippen LogP contribution in [-0.2, 0) is 11.3 Å². The minimum Gasteiger partial charge on any atom is -0.497 e. The van der Waals surface area contributed by atoms with Gasteiger partial charge in [-0.1, -0.05) is 19.1 Å². The first-order valence-corrected chi connectivity index (χ1v) is 8.74. The second kappa shape index (κ2) is 9.87. The second-order valence-corrected chi connectivity index (χ2v) is 6.32. The minimum atomic E-state index is -0.0404. The Labute approximate surface area is 170 Å². The van der Waals surface area contributed by atoms with Crippen molar-refractivity contribution in [2.24, 2.45) is 5.73 Å². The summed E-state index contributed by atoms with van der Waals surface area (Å²) in [4.78, 5) is 16.6. The molecule has 2 aromatic carbocycles. The van der Waals surface area contributed by atoms with Crippen molar-refractivity contribution in [1.82, 2.24) is 15.2 Å². The molecule has 3 rings (SSSR count). The number of nitrogens with zero attached hydrogens (tertiary/aromatic N) is 2. The Morgan fingerprint density at radius 2 is 2.00 bits per heavy atom. The van der Waals surface area contributed by atoms with E-state index in [1.807, 2.05) is 55.5 Å². The van der Waals surface area contributed by atoms with E-state index in [-0.39, 0.29) is 24.2 Å². The molecule has 0 aliphatic carbocycles. The number of aromatic amines is 1. The van der Waals surface area contributed by atoms with Crippen LogP contribution in [0.4, 0.5) is 5.69 Å². The largest absolute Gasteiger partial charge is 0.497 e. The molecule has 1 amide bonds. The van der Waals surface area contributed by atoms with Gasteiger partial charge in [-0.25, -0.2) is 4.98 Å². The maximum absolute atomic E-state index is 12.4. The number of hydrogen-bond acceptors (Lipinski definition) is 5. The first-order valence-electron chi connectivity index (χ1n) is 8.74. The lowest BCUT2D eigenvalue weighted by Crippen LogP contribution is -2.14. The Kier molecular flexibility index (Phi) is 7.54. The molecule has 1 heterocycles. The summed E-state index contributed by atoms with van der Waals surface area (Å²) in [6.45, 7) is 2.34. The van der Waals surface area contributed by atoms with E-state index in [2.05, 4.69) is 20.5 Å². The topological polar surface area (TPSA) is 106 Å². The van der Waals surface area contributed by atoms with Gasteiger partial charge >= 0.3 is 0 Å². The van der Waals surface area contributed by atoms with Gasteiger partial charge in [0.1, 0.15) is 11.6 Å². The van der Waals surface area contributed by atoms with E-state index in [0.29, 0.717) is 24.6 Å². The number of hydrogen-bond donors (Lipinski definition) is 3. The average molecular weight is 402 g/mol. The first-order chi connectivity index (χ1) is 13.1. The maximum atomic E-state index is 12.4. The quantitative estimate of drug-likeness (QED) is 0.561. The van der Waals surface area contributed by atoms with Crippen LogP contribution in [0.1, 0.15) is 30.7 Å². The van der Waals surface area contributed by atoms with Crippen LogP contribution in [-0.4, -0.2) is 28.2 Å². The van der Waals surface area contributed by atoms with Gasteiger partial charge in [0, 0.05) is 17.7 Å². The maximum Gasteiger partial charge on any atom is 0.224 e. The predicted octanol–water partition coefficient (Wildman–Crippen LogP) is 3.49. The molecule has 3 aromatic rings. The summed E-state index contributed by atoms with van der Waals surface area (Å²) in [5.74, 6) is 2.05. The SMILES string of the molecule is COc1cccc(C(C)CC(=O)Nc2ccc(-c3n[nH]c(CN)n3)cc2)c1.Cl. The molecule has 8 heteroatoms. The van der Waals surface area contributed by atoms with Crippen LogP contribution in [0.15, 0.2) is 48.5 Å². The van der Waals surface area contributed by atoms with Gasteiger partial charge in [0.05, 0.1) is 13.7 Å². The first kappa shape index (κ1) is 21.4. The molecular formula is C20H24ClN5O2. The second-order valence-electron chi connectivity index (χ2n) is 6.32. The molecule has 1 aromatic heterocycles. The number of benzene rings is 2. The minimum absolute atomic E-state index is 0. The molecule has 0 saturated heterocycles. The molecule has 1 atom stereocenters. The molecule has 148 valence electrons. The van der Waals surface area contributed by atoms with Gasteiger partial charge in [-0.2, -0.15) is 5.10 Å². The number of ether oxygens (including phenoxy) is 1. The third-order valence-corrected chi connectivity index (χ3v) is 4.31. The zero-order valence-corrected chi connectivity index (χ0v) is 16.6. The van der Waals surface area contributed by atoms with Gasteiger partial charge in [0.2, 0.25) is 5.91 Å². The number of amides is 1.